The van der Waals surface area contributed by atoms with E-state index < -0.39 is 11.9 Å². The average Bonchev–Trinajstić information content (AvgIpc) is 2.64. The maximum Gasteiger partial charge on any atom is 0.317 e. The molecule has 1 saturated heterocycles. The second-order valence-electron chi connectivity index (χ2n) is 5.77. The number of amides is 2. The first-order chi connectivity index (χ1) is 9.58. The fourth-order valence-electron chi connectivity index (χ4n) is 3.03. The second kappa shape index (κ2) is 6.92. The highest BCUT2D eigenvalue weighted by atomic mass is 16.5. The Balaban J connectivity index is 1.94. The number of hydrogen-bond donors (Lipinski definition) is 2. The molecule has 1 heterocycles. The van der Waals surface area contributed by atoms with Crippen molar-refractivity contribution >= 4 is 12.0 Å². The van der Waals surface area contributed by atoms with Gasteiger partial charge in [-0.15, -0.1) is 0 Å². The van der Waals surface area contributed by atoms with Crippen molar-refractivity contribution < 1.29 is 19.4 Å². The van der Waals surface area contributed by atoms with Crippen molar-refractivity contribution in [3.63, 3.8) is 0 Å². The number of carboxylic acids is 1. The average molecular weight is 284 g/mol. The van der Waals surface area contributed by atoms with Crippen LogP contribution in [0, 0.1) is 5.92 Å². The molecule has 0 aromatic rings. The van der Waals surface area contributed by atoms with Crippen LogP contribution < -0.4 is 5.32 Å². The summed E-state index contributed by atoms with van der Waals surface area (Å²) in [5.74, 6) is -1.26. The van der Waals surface area contributed by atoms with Crippen LogP contribution in [0.25, 0.3) is 0 Å². The molecular weight excluding hydrogens is 260 g/mol. The molecular formula is C14H24N2O4. The number of morpholine rings is 1. The van der Waals surface area contributed by atoms with E-state index >= 15 is 0 Å². The third-order valence-electron chi connectivity index (χ3n) is 4.17. The summed E-state index contributed by atoms with van der Waals surface area (Å²) < 4.78 is 5.41. The molecule has 1 aliphatic heterocycles. The Morgan fingerprint density at radius 1 is 1.25 bits per heavy atom. The van der Waals surface area contributed by atoms with Crippen LogP contribution in [0.4, 0.5) is 4.79 Å². The van der Waals surface area contributed by atoms with Crippen LogP contribution in [0.3, 0.4) is 0 Å². The van der Waals surface area contributed by atoms with E-state index in [0.29, 0.717) is 26.1 Å². The van der Waals surface area contributed by atoms with Crippen molar-refractivity contribution in [3.05, 3.63) is 0 Å². The van der Waals surface area contributed by atoms with Gasteiger partial charge in [-0.1, -0.05) is 19.3 Å². The summed E-state index contributed by atoms with van der Waals surface area (Å²) >= 11 is 0. The molecule has 1 saturated carbocycles. The van der Waals surface area contributed by atoms with Gasteiger partial charge in [-0.05, 0) is 19.8 Å². The van der Waals surface area contributed by atoms with Crippen LogP contribution in [0.15, 0.2) is 0 Å². The molecule has 114 valence electrons. The third kappa shape index (κ3) is 3.85. The maximum atomic E-state index is 12.3. The minimum absolute atomic E-state index is 0.0407. The minimum Gasteiger partial charge on any atom is -0.481 e. The predicted octanol–water partition coefficient (Wildman–Crippen LogP) is 1.45. The Morgan fingerprint density at radius 3 is 2.70 bits per heavy atom. The van der Waals surface area contributed by atoms with Gasteiger partial charge in [0.2, 0.25) is 0 Å². The molecule has 2 aliphatic rings. The van der Waals surface area contributed by atoms with Gasteiger partial charge in [-0.3, -0.25) is 4.79 Å². The largest absolute Gasteiger partial charge is 0.481 e. The van der Waals surface area contributed by atoms with Crippen LogP contribution >= 0.6 is 0 Å². The zero-order valence-corrected chi connectivity index (χ0v) is 12.0. The fraction of sp³-hybridized carbons (Fsp3) is 0.857. The molecule has 0 radical (unpaired) electrons. The normalized spacial score (nSPS) is 31.4. The summed E-state index contributed by atoms with van der Waals surface area (Å²) in [7, 11) is 0. The van der Waals surface area contributed by atoms with Crippen molar-refractivity contribution in [1.29, 1.82) is 0 Å². The Kier molecular flexibility index (Phi) is 5.23. The monoisotopic (exact) mass is 284 g/mol. The Bertz CT molecular complexity index is 361. The van der Waals surface area contributed by atoms with Gasteiger partial charge in [0, 0.05) is 19.1 Å². The van der Waals surface area contributed by atoms with E-state index in [9.17, 15) is 14.7 Å². The molecule has 0 aromatic carbocycles. The van der Waals surface area contributed by atoms with Gasteiger partial charge in [0.05, 0.1) is 18.6 Å². The lowest BCUT2D eigenvalue weighted by Gasteiger charge is -2.33. The molecule has 2 fully saturated rings. The van der Waals surface area contributed by atoms with Gasteiger partial charge in [0.25, 0.3) is 0 Å². The van der Waals surface area contributed by atoms with Gasteiger partial charge in [0.1, 0.15) is 0 Å². The summed E-state index contributed by atoms with van der Waals surface area (Å²) in [5, 5.41) is 12.2. The number of hydrogen-bond acceptors (Lipinski definition) is 3. The summed E-state index contributed by atoms with van der Waals surface area (Å²) in [6.45, 7) is 3.61. The summed E-state index contributed by atoms with van der Waals surface area (Å²) in [4.78, 5) is 25.3. The SMILES string of the molecule is CC1CN(C(=O)NC2CCCCCC2C(=O)O)CCO1. The highest BCUT2D eigenvalue weighted by molar-refractivity contribution is 5.77. The Hall–Kier alpha value is -1.30. The highest BCUT2D eigenvalue weighted by Gasteiger charge is 2.32. The van der Waals surface area contributed by atoms with E-state index in [-0.39, 0.29) is 18.2 Å². The molecule has 2 rings (SSSR count). The van der Waals surface area contributed by atoms with E-state index in [4.69, 9.17) is 4.74 Å². The molecule has 2 amide bonds. The van der Waals surface area contributed by atoms with E-state index in [1.165, 1.54) is 0 Å². The number of nitrogens with zero attached hydrogens (tertiary/aromatic N) is 1. The molecule has 3 unspecified atom stereocenters. The van der Waals surface area contributed by atoms with E-state index in [1.807, 2.05) is 6.92 Å². The van der Waals surface area contributed by atoms with Gasteiger partial charge < -0.3 is 20.1 Å². The number of carboxylic acid groups (broad SMARTS) is 1. The molecule has 6 heteroatoms. The van der Waals surface area contributed by atoms with Crippen molar-refractivity contribution in [2.45, 2.75) is 51.2 Å². The maximum absolute atomic E-state index is 12.3. The van der Waals surface area contributed by atoms with Crippen molar-refractivity contribution in [1.82, 2.24) is 10.2 Å². The lowest BCUT2D eigenvalue weighted by molar-refractivity contribution is -0.142. The van der Waals surface area contributed by atoms with Crippen LogP contribution in [0.2, 0.25) is 0 Å². The van der Waals surface area contributed by atoms with Crippen LogP contribution in [0.5, 0.6) is 0 Å². The fourth-order valence-corrected chi connectivity index (χ4v) is 3.03. The first-order valence-electron chi connectivity index (χ1n) is 7.48. The van der Waals surface area contributed by atoms with Crippen molar-refractivity contribution in [3.8, 4) is 0 Å². The molecule has 0 aromatic heterocycles. The zero-order valence-electron chi connectivity index (χ0n) is 12.0. The predicted molar refractivity (Wildman–Crippen MR) is 73.5 cm³/mol. The second-order valence-corrected chi connectivity index (χ2v) is 5.77. The number of nitrogens with one attached hydrogen (secondary N) is 1. The summed E-state index contributed by atoms with van der Waals surface area (Å²) in [6.07, 6.45) is 4.40. The van der Waals surface area contributed by atoms with E-state index in [1.54, 1.807) is 4.90 Å². The molecule has 0 bridgehead atoms. The minimum atomic E-state index is -0.799. The number of urea groups is 1. The van der Waals surface area contributed by atoms with Crippen LogP contribution in [0.1, 0.15) is 39.0 Å². The lowest BCUT2D eigenvalue weighted by Crippen LogP contribution is -2.53. The van der Waals surface area contributed by atoms with Gasteiger partial charge in [-0.25, -0.2) is 4.79 Å². The van der Waals surface area contributed by atoms with E-state index in [2.05, 4.69) is 5.32 Å². The first kappa shape index (κ1) is 15.1. The van der Waals surface area contributed by atoms with Gasteiger partial charge in [-0.2, -0.15) is 0 Å². The number of ether oxygens (including phenoxy) is 1. The van der Waals surface area contributed by atoms with Crippen LogP contribution in [-0.4, -0.2) is 53.8 Å². The molecule has 1 aliphatic carbocycles. The summed E-state index contributed by atoms with van der Waals surface area (Å²) in [5.41, 5.74) is 0. The number of carbonyl (C=O) groups excluding carboxylic acids is 1. The molecule has 20 heavy (non-hydrogen) atoms. The van der Waals surface area contributed by atoms with Crippen molar-refractivity contribution in [2.24, 2.45) is 5.92 Å². The Labute approximate surface area is 119 Å². The molecule has 0 spiro atoms. The lowest BCUT2D eigenvalue weighted by atomic mass is 9.95. The zero-order chi connectivity index (χ0) is 14.5. The standard InChI is InChI=1S/C14H24N2O4/c1-10-9-16(7-8-20-10)14(19)15-12-6-4-2-3-5-11(12)13(17)18/h10-12H,2-9H2,1H3,(H,15,19)(H,17,18). The third-order valence-corrected chi connectivity index (χ3v) is 4.17. The van der Waals surface area contributed by atoms with Crippen LogP contribution in [-0.2, 0) is 9.53 Å². The number of rotatable bonds is 2. The van der Waals surface area contributed by atoms with Gasteiger partial charge in [0.15, 0.2) is 0 Å². The highest BCUT2D eigenvalue weighted by Crippen LogP contribution is 2.24. The first-order valence-corrected chi connectivity index (χ1v) is 7.48. The topological polar surface area (TPSA) is 78.9 Å². The quantitative estimate of drug-likeness (QED) is 0.752. The van der Waals surface area contributed by atoms with E-state index in [0.717, 1.165) is 25.7 Å². The number of carbonyl (C=O) groups is 2. The van der Waals surface area contributed by atoms with Gasteiger partial charge >= 0.3 is 12.0 Å². The molecule has 2 N–H and O–H groups in total. The smallest absolute Gasteiger partial charge is 0.317 e. The molecule has 3 atom stereocenters. The Morgan fingerprint density at radius 2 is 2.00 bits per heavy atom. The number of aliphatic carboxylic acids is 1. The molecule has 6 nitrogen and oxygen atoms in total. The van der Waals surface area contributed by atoms with Crippen molar-refractivity contribution in [2.75, 3.05) is 19.7 Å². The summed E-state index contributed by atoms with van der Waals surface area (Å²) in [6, 6.07) is -0.404.